The van der Waals surface area contributed by atoms with Crippen molar-refractivity contribution in [2.24, 2.45) is 0 Å². The molecule has 1 saturated heterocycles. The van der Waals surface area contributed by atoms with Gasteiger partial charge in [-0.2, -0.15) is 0 Å². The van der Waals surface area contributed by atoms with Crippen LogP contribution >= 0.6 is 12.2 Å². The van der Waals surface area contributed by atoms with Crippen molar-refractivity contribution >= 4 is 41.0 Å². The van der Waals surface area contributed by atoms with Crippen LogP contribution in [-0.2, 0) is 14.3 Å². The molecule has 0 spiro atoms. The number of likely N-dealkylation sites (N-methyl/N-ethyl adjacent to an activating group) is 1. The Labute approximate surface area is 153 Å². The van der Waals surface area contributed by atoms with E-state index in [1.165, 1.54) is 16.9 Å². The van der Waals surface area contributed by atoms with Crippen LogP contribution in [0.4, 0.5) is 5.69 Å². The second-order valence-corrected chi connectivity index (χ2v) is 5.97. The summed E-state index contributed by atoms with van der Waals surface area (Å²) in [6.45, 7) is 5.99. The van der Waals surface area contributed by atoms with Gasteiger partial charge in [0.2, 0.25) is 0 Å². The monoisotopic (exact) mass is 361 g/mol. The van der Waals surface area contributed by atoms with Crippen LogP contribution in [0.25, 0.3) is 6.08 Å². The minimum absolute atomic E-state index is 0.0885. The zero-order valence-corrected chi connectivity index (χ0v) is 15.8. The maximum atomic E-state index is 12.4. The fourth-order valence-corrected chi connectivity index (χ4v) is 2.92. The van der Waals surface area contributed by atoms with Gasteiger partial charge in [0.1, 0.15) is 12.2 Å². The standard InChI is InChI=1S/C18H23N3O3S/c1-5-20(6-2)14-9-7-13(8-10-14)11-15-17(23)19(3)18(25)21(15)12-16(22)24-4/h7-11H,5-6,12H2,1-4H3/b15-11+. The molecule has 0 bridgehead atoms. The lowest BCUT2D eigenvalue weighted by Gasteiger charge is -2.21. The first-order valence-electron chi connectivity index (χ1n) is 8.16. The molecule has 134 valence electrons. The third kappa shape index (κ3) is 3.99. The number of esters is 1. The Hall–Kier alpha value is -2.41. The van der Waals surface area contributed by atoms with Crippen LogP contribution in [0.15, 0.2) is 30.0 Å². The second kappa shape index (κ2) is 8.11. The zero-order valence-electron chi connectivity index (χ0n) is 15.0. The van der Waals surface area contributed by atoms with Crippen molar-refractivity contribution in [2.75, 3.05) is 38.7 Å². The predicted octanol–water partition coefficient (Wildman–Crippen LogP) is 2.11. The number of amides is 1. The number of anilines is 1. The first-order valence-corrected chi connectivity index (χ1v) is 8.56. The van der Waals surface area contributed by atoms with Crippen molar-refractivity contribution in [1.29, 1.82) is 0 Å². The Kier molecular flexibility index (Phi) is 6.14. The van der Waals surface area contributed by atoms with Crippen LogP contribution in [0.3, 0.4) is 0 Å². The van der Waals surface area contributed by atoms with Crippen LogP contribution in [0.5, 0.6) is 0 Å². The molecule has 1 aromatic rings. The normalized spacial score (nSPS) is 15.9. The van der Waals surface area contributed by atoms with Crippen LogP contribution in [-0.4, -0.2) is 60.6 Å². The van der Waals surface area contributed by atoms with Gasteiger partial charge in [0.15, 0.2) is 5.11 Å². The van der Waals surface area contributed by atoms with Crippen LogP contribution in [0, 0.1) is 0 Å². The van der Waals surface area contributed by atoms with E-state index >= 15 is 0 Å². The van der Waals surface area contributed by atoms with Crippen molar-refractivity contribution in [3.05, 3.63) is 35.5 Å². The van der Waals surface area contributed by atoms with Gasteiger partial charge in [0.25, 0.3) is 5.91 Å². The van der Waals surface area contributed by atoms with Gasteiger partial charge in [-0.1, -0.05) is 12.1 Å². The summed E-state index contributed by atoms with van der Waals surface area (Å²) in [5.74, 6) is -0.685. The summed E-state index contributed by atoms with van der Waals surface area (Å²) in [5, 5.41) is 0.293. The number of thiocarbonyl (C=S) groups is 1. The highest BCUT2D eigenvalue weighted by Crippen LogP contribution is 2.23. The summed E-state index contributed by atoms with van der Waals surface area (Å²) in [5.41, 5.74) is 2.37. The van der Waals surface area contributed by atoms with E-state index in [0.29, 0.717) is 10.8 Å². The molecule has 0 atom stereocenters. The maximum absolute atomic E-state index is 12.4. The lowest BCUT2D eigenvalue weighted by molar-refractivity contribution is -0.140. The maximum Gasteiger partial charge on any atom is 0.325 e. The molecule has 2 rings (SSSR count). The number of nitrogens with zero attached hydrogens (tertiary/aromatic N) is 3. The largest absolute Gasteiger partial charge is 0.468 e. The fraction of sp³-hybridized carbons (Fsp3) is 0.389. The number of hydrogen-bond acceptors (Lipinski definition) is 5. The minimum atomic E-state index is -0.451. The SMILES string of the molecule is CCN(CC)c1ccc(/C=C2\C(=O)N(C)C(=S)N2CC(=O)OC)cc1. The van der Waals surface area contributed by atoms with Crippen molar-refractivity contribution in [2.45, 2.75) is 13.8 Å². The predicted molar refractivity (Wildman–Crippen MR) is 102 cm³/mol. The molecule has 0 saturated carbocycles. The zero-order chi connectivity index (χ0) is 18.6. The summed E-state index contributed by atoms with van der Waals surface area (Å²) in [4.78, 5) is 29.2. The molecule has 25 heavy (non-hydrogen) atoms. The van der Waals surface area contributed by atoms with E-state index in [2.05, 4.69) is 18.7 Å². The smallest absolute Gasteiger partial charge is 0.325 e. The first-order chi connectivity index (χ1) is 11.9. The molecule has 0 aliphatic carbocycles. The topological polar surface area (TPSA) is 53.1 Å². The van der Waals surface area contributed by atoms with Gasteiger partial charge in [0.05, 0.1) is 7.11 Å². The van der Waals surface area contributed by atoms with E-state index in [9.17, 15) is 9.59 Å². The van der Waals surface area contributed by atoms with Crippen molar-refractivity contribution in [1.82, 2.24) is 9.80 Å². The highest BCUT2D eigenvalue weighted by Gasteiger charge is 2.36. The number of carbonyl (C=O) groups is 2. The van der Waals surface area contributed by atoms with E-state index in [-0.39, 0.29) is 12.5 Å². The third-order valence-electron chi connectivity index (χ3n) is 4.17. The van der Waals surface area contributed by atoms with Gasteiger partial charge in [-0.15, -0.1) is 0 Å². The van der Waals surface area contributed by atoms with E-state index in [1.807, 2.05) is 24.3 Å². The summed E-state index contributed by atoms with van der Waals surface area (Å²) in [6, 6.07) is 7.94. The molecule has 0 radical (unpaired) electrons. The highest BCUT2D eigenvalue weighted by molar-refractivity contribution is 7.80. The van der Waals surface area contributed by atoms with E-state index in [1.54, 1.807) is 13.1 Å². The van der Waals surface area contributed by atoms with Crippen LogP contribution in [0.2, 0.25) is 0 Å². The molecule has 6 nitrogen and oxygen atoms in total. The molecule has 1 heterocycles. The summed E-state index contributed by atoms with van der Waals surface area (Å²) < 4.78 is 4.69. The molecule has 1 fully saturated rings. The molecule has 0 aromatic heterocycles. The Bertz CT molecular complexity index is 696. The summed E-state index contributed by atoms with van der Waals surface area (Å²) in [7, 11) is 2.90. The molecular formula is C18H23N3O3S. The van der Waals surface area contributed by atoms with Crippen LogP contribution in [0.1, 0.15) is 19.4 Å². The van der Waals surface area contributed by atoms with Crippen molar-refractivity contribution in [3.63, 3.8) is 0 Å². The number of methoxy groups -OCH3 is 1. The number of ether oxygens (including phenoxy) is 1. The van der Waals surface area contributed by atoms with Crippen LogP contribution < -0.4 is 4.90 Å². The average Bonchev–Trinajstić information content (AvgIpc) is 2.82. The van der Waals surface area contributed by atoms with Gasteiger partial charge >= 0.3 is 5.97 Å². The highest BCUT2D eigenvalue weighted by atomic mass is 32.1. The molecular weight excluding hydrogens is 338 g/mol. The Morgan fingerprint density at radius 3 is 2.36 bits per heavy atom. The van der Waals surface area contributed by atoms with E-state index in [4.69, 9.17) is 17.0 Å². The first kappa shape index (κ1) is 18.9. The van der Waals surface area contributed by atoms with E-state index < -0.39 is 5.97 Å². The van der Waals surface area contributed by atoms with Crippen molar-refractivity contribution in [3.8, 4) is 0 Å². The van der Waals surface area contributed by atoms with E-state index in [0.717, 1.165) is 24.3 Å². The Morgan fingerprint density at radius 2 is 1.84 bits per heavy atom. The molecule has 0 N–H and O–H groups in total. The van der Waals surface area contributed by atoms with Gasteiger partial charge in [-0.3, -0.25) is 14.5 Å². The summed E-state index contributed by atoms with van der Waals surface area (Å²) >= 11 is 5.26. The number of carbonyl (C=O) groups excluding carboxylic acids is 2. The number of rotatable bonds is 6. The Balaban J connectivity index is 2.31. The Morgan fingerprint density at radius 1 is 1.24 bits per heavy atom. The second-order valence-electron chi connectivity index (χ2n) is 5.60. The summed E-state index contributed by atoms with van der Waals surface area (Å²) in [6.07, 6.45) is 1.74. The fourth-order valence-electron chi connectivity index (χ4n) is 2.67. The van der Waals surface area contributed by atoms with Gasteiger partial charge < -0.3 is 14.5 Å². The average molecular weight is 361 g/mol. The van der Waals surface area contributed by atoms with Gasteiger partial charge in [-0.05, 0) is 49.8 Å². The number of hydrogen-bond donors (Lipinski definition) is 0. The quantitative estimate of drug-likeness (QED) is 0.439. The molecule has 7 heteroatoms. The molecule has 1 aliphatic rings. The lowest BCUT2D eigenvalue weighted by atomic mass is 10.1. The molecule has 1 aromatic carbocycles. The van der Waals surface area contributed by atoms with Gasteiger partial charge in [-0.25, -0.2) is 0 Å². The van der Waals surface area contributed by atoms with Gasteiger partial charge in [0, 0.05) is 25.8 Å². The third-order valence-corrected chi connectivity index (χ3v) is 4.67. The van der Waals surface area contributed by atoms with Crippen molar-refractivity contribution < 1.29 is 14.3 Å². The molecule has 0 unspecified atom stereocenters. The molecule has 1 amide bonds. The molecule has 1 aliphatic heterocycles. The minimum Gasteiger partial charge on any atom is -0.468 e. The lowest BCUT2D eigenvalue weighted by Crippen LogP contribution is -2.33. The number of benzene rings is 1.